The van der Waals surface area contributed by atoms with Crippen LogP contribution in [0.3, 0.4) is 0 Å². The van der Waals surface area contributed by atoms with E-state index in [1.165, 1.54) is 12.0 Å². The summed E-state index contributed by atoms with van der Waals surface area (Å²) in [5, 5.41) is 3.58. The molecule has 0 atom stereocenters. The molecule has 3 N–H and O–H groups in total. The van der Waals surface area contributed by atoms with E-state index in [4.69, 9.17) is 5.73 Å². The summed E-state index contributed by atoms with van der Waals surface area (Å²) in [4.78, 5) is 26.2. The number of nitrogens with zero attached hydrogens (tertiary/aromatic N) is 2. The van der Waals surface area contributed by atoms with Gasteiger partial charge < -0.3 is 20.9 Å². The number of nitrogens with one attached hydrogen (secondary N) is 1. The third-order valence-corrected chi connectivity index (χ3v) is 6.00. The van der Waals surface area contributed by atoms with E-state index >= 15 is 0 Å². The average Bonchev–Trinajstić information content (AvgIpc) is 2.93. The number of likely N-dealkylation sites (N-methyl/N-ethyl adjacent to an activating group) is 1. The van der Waals surface area contributed by atoms with Crippen LogP contribution in [0.1, 0.15) is 102 Å². The molecule has 0 radical (unpaired) electrons. The van der Waals surface area contributed by atoms with Gasteiger partial charge in [0.2, 0.25) is 6.93 Å². The first-order valence-corrected chi connectivity index (χ1v) is 15.4. The van der Waals surface area contributed by atoms with Crippen molar-refractivity contribution in [2.24, 2.45) is 17.6 Å². The predicted octanol–water partition coefficient (Wildman–Crippen LogP) is 7.98. The molecule has 42 heavy (non-hydrogen) atoms. The molecule has 1 rings (SSSR count). The van der Waals surface area contributed by atoms with Crippen LogP contribution in [0, 0.1) is 11.8 Å². The number of amides is 1. The molecule has 0 aliphatic carbocycles. The largest absolute Gasteiger partial charge is 0.395 e. The van der Waals surface area contributed by atoms with Crippen molar-refractivity contribution in [2.45, 2.75) is 114 Å². The van der Waals surface area contributed by atoms with Crippen LogP contribution in [-0.2, 0) is 9.59 Å². The highest BCUT2D eigenvalue weighted by Gasteiger charge is 2.25. The van der Waals surface area contributed by atoms with Crippen LogP contribution in [0.5, 0.6) is 0 Å². The predicted molar refractivity (Wildman–Crippen MR) is 180 cm³/mol. The van der Waals surface area contributed by atoms with Crippen molar-refractivity contribution in [3.8, 4) is 0 Å². The van der Waals surface area contributed by atoms with Crippen LogP contribution < -0.4 is 11.1 Å². The van der Waals surface area contributed by atoms with Crippen molar-refractivity contribution >= 4 is 12.2 Å². The number of carbonyl (C=O) groups excluding carboxylic acids is 2. The zero-order valence-electron chi connectivity index (χ0n) is 29.2. The fourth-order valence-corrected chi connectivity index (χ4v) is 3.83. The normalized spacial score (nSPS) is 13.7. The molecule has 8 heteroatoms. The molecule has 6 nitrogen and oxygen atoms in total. The fraction of sp³-hybridized carbons (Fsp3) is 0.706. The van der Waals surface area contributed by atoms with E-state index in [1.54, 1.807) is 25.2 Å². The van der Waals surface area contributed by atoms with Gasteiger partial charge in [-0.05, 0) is 78.7 Å². The minimum Gasteiger partial charge on any atom is -0.395 e. The van der Waals surface area contributed by atoms with Gasteiger partial charge in [-0.1, -0.05) is 72.4 Å². The standard InChI is InChI=1S/C13H25N3O.C9H15NO.C9H18.C2H6.CH2F2/c1-5-11(14)12(17)16-8-6-10(7-9-16)15-13(2,3)4;1-4-7-9(8-11)10(5-2)6-3;1-7(2)6-9(5)8(3)4;1-2;2-1-3/h5,10,15H,6-9,14H2,1-4H3;4,7-8H,1,5-6H2,2-3H3;7-8H,5-6H2,1-4H3;1-2H3;1H2/b11-5-;9-7-;;;. The molecule has 0 aromatic carbocycles. The Hall–Kier alpha value is -2.48. The Morgan fingerprint density at radius 3 is 1.81 bits per heavy atom. The molecule has 0 aromatic heterocycles. The molecule has 1 heterocycles. The molecule has 0 aromatic rings. The van der Waals surface area contributed by atoms with Crippen molar-refractivity contribution in [3.05, 3.63) is 48.4 Å². The molecular weight excluding hydrogens is 534 g/mol. The monoisotopic (exact) mass is 601 g/mol. The maximum absolute atomic E-state index is 11.8. The Morgan fingerprint density at radius 1 is 1.10 bits per heavy atom. The Labute approximate surface area is 258 Å². The first kappa shape index (κ1) is 46.5. The highest BCUT2D eigenvalue weighted by atomic mass is 19.3. The summed E-state index contributed by atoms with van der Waals surface area (Å²) in [6.45, 7) is 34.3. The number of aldehydes is 1. The van der Waals surface area contributed by atoms with Crippen LogP contribution in [0.15, 0.2) is 48.4 Å². The lowest BCUT2D eigenvalue weighted by atomic mass is 9.96. The summed E-state index contributed by atoms with van der Waals surface area (Å²) >= 11 is 0. The molecule has 0 unspecified atom stereocenters. The Bertz CT molecular complexity index is 760. The van der Waals surface area contributed by atoms with Crippen molar-refractivity contribution in [3.63, 3.8) is 0 Å². The zero-order valence-corrected chi connectivity index (χ0v) is 29.2. The summed E-state index contributed by atoms with van der Waals surface area (Å²) in [6.07, 6.45) is 9.05. The quantitative estimate of drug-likeness (QED) is 0.115. The number of hydrogen-bond acceptors (Lipinski definition) is 5. The SMILES string of the molecule is C/C=C(\N)C(=O)N1CCC(NC(C)(C)C)CC1.C=C(CC(C)C)C(C)C.C=C/C=C(/C=O)N(CC)CC.CC.FCF. The van der Waals surface area contributed by atoms with Gasteiger partial charge in [0.1, 0.15) is 0 Å². The third-order valence-electron chi connectivity index (χ3n) is 6.00. The molecule has 248 valence electrons. The zero-order chi connectivity index (χ0) is 33.9. The summed E-state index contributed by atoms with van der Waals surface area (Å²) in [5.41, 5.74) is 8.21. The molecule has 1 fully saturated rings. The lowest BCUT2D eigenvalue weighted by molar-refractivity contribution is -0.128. The second-order valence-corrected chi connectivity index (χ2v) is 11.3. The molecule has 0 spiro atoms. The van der Waals surface area contributed by atoms with Crippen LogP contribution in [0.4, 0.5) is 8.78 Å². The van der Waals surface area contributed by atoms with Crippen LogP contribution in [0.25, 0.3) is 0 Å². The third kappa shape index (κ3) is 26.4. The summed E-state index contributed by atoms with van der Waals surface area (Å²) in [6, 6.07) is 0.505. The Balaban J connectivity index is -0.000000251. The smallest absolute Gasteiger partial charge is 0.269 e. The van der Waals surface area contributed by atoms with E-state index in [0.29, 0.717) is 23.4 Å². The number of rotatable bonds is 10. The van der Waals surface area contributed by atoms with E-state index in [9.17, 15) is 18.4 Å². The van der Waals surface area contributed by atoms with Gasteiger partial charge in [0.25, 0.3) is 5.91 Å². The maximum Gasteiger partial charge on any atom is 0.269 e. The van der Waals surface area contributed by atoms with Gasteiger partial charge in [0.15, 0.2) is 6.29 Å². The lowest BCUT2D eigenvalue weighted by Crippen LogP contribution is -2.50. The minimum absolute atomic E-state index is 0.0262. The van der Waals surface area contributed by atoms with Crippen LogP contribution in [0.2, 0.25) is 0 Å². The number of allylic oxidation sites excluding steroid dienone is 5. The van der Waals surface area contributed by atoms with E-state index in [0.717, 1.165) is 51.2 Å². The molecule has 1 saturated heterocycles. The summed E-state index contributed by atoms with van der Waals surface area (Å²) in [7, 11) is 0. The van der Waals surface area contributed by atoms with Gasteiger partial charge in [-0.25, -0.2) is 8.78 Å². The van der Waals surface area contributed by atoms with Gasteiger partial charge in [-0.3, -0.25) is 9.59 Å². The van der Waals surface area contributed by atoms with E-state index in [1.807, 2.05) is 37.5 Å². The fourth-order valence-electron chi connectivity index (χ4n) is 3.83. The van der Waals surface area contributed by atoms with Crippen molar-refractivity contribution in [1.82, 2.24) is 15.1 Å². The Kier molecular flexibility index (Phi) is 31.7. The van der Waals surface area contributed by atoms with Gasteiger partial charge in [0, 0.05) is 37.8 Å². The van der Waals surface area contributed by atoms with Crippen LogP contribution >= 0.6 is 0 Å². The lowest BCUT2D eigenvalue weighted by Gasteiger charge is -2.36. The minimum atomic E-state index is -1.75. The van der Waals surface area contributed by atoms with E-state index in [-0.39, 0.29) is 11.4 Å². The Morgan fingerprint density at radius 2 is 1.55 bits per heavy atom. The van der Waals surface area contributed by atoms with Gasteiger partial charge in [-0.2, -0.15) is 0 Å². The number of likely N-dealkylation sites (tertiary alicyclic amines) is 1. The van der Waals surface area contributed by atoms with Gasteiger partial charge >= 0.3 is 0 Å². The summed E-state index contributed by atoms with van der Waals surface area (Å²) in [5.74, 6) is 1.40. The molecular formula is C34H66F2N4O2. The van der Waals surface area contributed by atoms with Crippen molar-refractivity contribution in [1.29, 1.82) is 0 Å². The first-order valence-electron chi connectivity index (χ1n) is 15.4. The van der Waals surface area contributed by atoms with Crippen LogP contribution in [-0.4, -0.2) is 66.7 Å². The van der Waals surface area contributed by atoms with Gasteiger partial charge in [0.05, 0.1) is 11.4 Å². The number of hydrogen-bond donors (Lipinski definition) is 2. The average molecular weight is 601 g/mol. The highest BCUT2D eigenvalue weighted by molar-refractivity contribution is 5.92. The van der Waals surface area contributed by atoms with E-state index in [2.05, 4.69) is 66.9 Å². The van der Waals surface area contributed by atoms with Crippen molar-refractivity contribution < 1.29 is 18.4 Å². The van der Waals surface area contributed by atoms with E-state index < -0.39 is 6.93 Å². The second-order valence-electron chi connectivity index (χ2n) is 11.3. The first-order chi connectivity index (χ1) is 19.6. The van der Waals surface area contributed by atoms with Gasteiger partial charge in [-0.15, -0.1) is 0 Å². The molecule has 0 saturated carbocycles. The molecule has 1 amide bonds. The maximum atomic E-state index is 11.8. The number of carbonyl (C=O) groups is 2. The number of piperidine rings is 1. The van der Waals surface area contributed by atoms with Crippen molar-refractivity contribution in [2.75, 3.05) is 33.1 Å². The second kappa shape index (κ2) is 28.6. The highest BCUT2D eigenvalue weighted by Crippen LogP contribution is 2.16. The summed E-state index contributed by atoms with van der Waals surface area (Å²) < 4.78 is 19.2. The number of nitrogens with two attached hydrogens (primary N) is 1. The topological polar surface area (TPSA) is 78.7 Å². The molecule has 0 bridgehead atoms. The number of alkyl halides is 2. The molecule has 1 aliphatic rings. The molecule has 1 aliphatic heterocycles. The number of halogens is 2.